The Labute approximate surface area is 152 Å². The van der Waals surface area contributed by atoms with Crippen LogP contribution in [0.5, 0.6) is 0 Å². The molecule has 1 aliphatic rings. The molecular weight excluding hydrogens is 356 g/mol. The van der Waals surface area contributed by atoms with Crippen molar-refractivity contribution in [3.63, 3.8) is 0 Å². The lowest BCUT2D eigenvalue weighted by atomic mass is 10.0. The number of hydrogen-bond acceptors (Lipinski definition) is 4. The van der Waals surface area contributed by atoms with Gasteiger partial charge in [0.25, 0.3) is 5.91 Å². The first-order valence-corrected chi connectivity index (χ1v) is 10.4. The number of benzene rings is 1. The average molecular weight is 379 g/mol. The zero-order valence-corrected chi connectivity index (χ0v) is 16.5. The lowest BCUT2D eigenvalue weighted by Gasteiger charge is -2.27. The molecule has 0 saturated carbocycles. The molecule has 0 fully saturated rings. The van der Waals surface area contributed by atoms with E-state index < -0.39 is 10.0 Å². The number of sulfonamides is 1. The lowest BCUT2D eigenvalue weighted by Crippen LogP contribution is -2.35. The van der Waals surface area contributed by atoms with Gasteiger partial charge in [-0.05, 0) is 60.5 Å². The van der Waals surface area contributed by atoms with E-state index in [4.69, 9.17) is 0 Å². The zero-order chi connectivity index (χ0) is 18.4. The van der Waals surface area contributed by atoms with Crippen molar-refractivity contribution in [1.82, 2.24) is 9.21 Å². The second kappa shape index (κ2) is 6.55. The summed E-state index contributed by atoms with van der Waals surface area (Å²) in [5.74, 6) is -0.116. The van der Waals surface area contributed by atoms with Crippen LogP contribution in [-0.2, 0) is 23.0 Å². The fourth-order valence-electron chi connectivity index (χ4n) is 3.02. The predicted molar refractivity (Wildman–Crippen MR) is 99.6 cm³/mol. The minimum atomic E-state index is -3.59. The van der Waals surface area contributed by atoms with Crippen LogP contribution in [0.3, 0.4) is 0 Å². The van der Waals surface area contributed by atoms with Crippen molar-refractivity contribution in [2.75, 3.05) is 20.6 Å². The molecule has 3 rings (SSSR count). The highest BCUT2D eigenvalue weighted by Crippen LogP contribution is 2.27. The highest BCUT2D eigenvalue weighted by molar-refractivity contribution is 7.89. The van der Waals surface area contributed by atoms with E-state index >= 15 is 0 Å². The van der Waals surface area contributed by atoms with Gasteiger partial charge in [0.15, 0.2) is 0 Å². The molecule has 1 amide bonds. The first-order chi connectivity index (χ1) is 11.7. The number of carbonyl (C=O) groups is 1. The highest BCUT2D eigenvalue weighted by atomic mass is 32.2. The Morgan fingerprint density at radius 3 is 2.64 bits per heavy atom. The molecule has 0 atom stereocenters. The molecule has 2 aromatic rings. The van der Waals surface area contributed by atoms with Crippen LogP contribution in [0.15, 0.2) is 28.5 Å². The number of amides is 1. The number of fused-ring (bicyclic) bond motifs is 1. The van der Waals surface area contributed by atoms with E-state index in [9.17, 15) is 13.2 Å². The van der Waals surface area contributed by atoms with E-state index in [1.807, 2.05) is 6.92 Å². The fourth-order valence-corrected chi connectivity index (χ4v) is 5.13. The van der Waals surface area contributed by atoms with Crippen LogP contribution in [0.4, 0.5) is 0 Å². The van der Waals surface area contributed by atoms with Crippen molar-refractivity contribution in [1.29, 1.82) is 0 Å². The van der Waals surface area contributed by atoms with Gasteiger partial charge in [-0.1, -0.05) is 0 Å². The molecule has 0 unspecified atom stereocenters. The molecular formula is C18H22N2O3S2. The second-order valence-electron chi connectivity index (χ2n) is 6.55. The van der Waals surface area contributed by atoms with Crippen LogP contribution in [0.1, 0.15) is 31.9 Å². The Hall–Kier alpha value is -1.70. The van der Waals surface area contributed by atoms with E-state index in [0.717, 1.165) is 12.0 Å². The molecule has 0 spiro atoms. The molecule has 7 heteroatoms. The quantitative estimate of drug-likeness (QED) is 0.825. The van der Waals surface area contributed by atoms with Crippen LogP contribution >= 0.6 is 11.3 Å². The Morgan fingerprint density at radius 2 is 1.96 bits per heavy atom. The summed E-state index contributed by atoms with van der Waals surface area (Å²) in [6.07, 6.45) is 0.854. The van der Waals surface area contributed by atoms with Crippen LogP contribution < -0.4 is 0 Å². The smallest absolute Gasteiger partial charge is 0.254 e. The Bertz CT molecular complexity index is 930. The monoisotopic (exact) mass is 378 g/mol. The zero-order valence-electron chi connectivity index (χ0n) is 14.9. The van der Waals surface area contributed by atoms with E-state index in [1.54, 1.807) is 29.2 Å². The number of rotatable bonds is 3. The summed E-state index contributed by atoms with van der Waals surface area (Å²) in [5, 5.41) is 2.05. The van der Waals surface area contributed by atoms with E-state index in [2.05, 4.69) is 11.4 Å². The topological polar surface area (TPSA) is 57.7 Å². The molecule has 25 heavy (non-hydrogen) atoms. The average Bonchev–Trinajstić information content (AvgIpc) is 3.03. The van der Waals surface area contributed by atoms with Gasteiger partial charge in [0, 0.05) is 37.6 Å². The normalized spacial score (nSPS) is 14.7. The molecule has 0 N–H and O–H groups in total. The third-order valence-electron chi connectivity index (χ3n) is 4.72. The number of carbonyl (C=O) groups excluding carboxylic acids is 1. The van der Waals surface area contributed by atoms with Crippen LogP contribution in [0, 0.1) is 13.8 Å². The van der Waals surface area contributed by atoms with Crippen molar-refractivity contribution in [2.24, 2.45) is 0 Å². The largest absolute Gasteiger partial charge is 0.334 e. The maximum Gasteiger partial charge on any atom is 0.254 e. The third-order valence-corrected chi connectivity index (χ3v) is 7.68. The summed E-state index contributed by atoms with van der Waals surface area (Å²) in [6, 6.07) is 5.36. The van der Waals surface area contributed by atoms with Crippen LogP contribution in [0.2, 0.25) is 0 Å². The number of nitrogens with zero attached hydrogens (tertiary/aromatic N) is 2. The lowest BCUT2D eigenvalue weighted by molar-refractivity contribution is 0.0735. The maximum absolute atomic E-state index is 13.0. The van der Waals surface area contributed by atoms with Crippen molar-refractivity contribution in [2.45, 2.75) is 31.7 Å². The van der Waals surface area contributed by atoms with Gasteiger partial charge in [-0.3, -0.25) is 4.79 Å². The molecule has 0 aliphatic carbocycles. The van der Waals surface area contributed by atoms with Gasteiger partial charge in [0.05, 0.1) is 4.90 Å². The van der Waals surface area contributed by atoms with Crippen molar-refractivity contribution in [3.8, 4) is 0 Å². The van der Waals surface area contributed by atoms with Gasteiger partial charge in [0.2, 0.25) is 10.0 Å². The van der Waals surface area contributed by atoms with Crippen molar-refractivity contribution in [3.05, 3.63) is 50.7 Å². The van der Waals surface area contributed by atoms with E-state index in [0.29, 0.717) is 24.2 Å². The molecule has 0 saturated heterocycles. The molecule has 2 heterocycles. The van der Waals surface area contributed by atoms with Crippen molar-refractivity contribution < 1.29 is 13.2 Å². The maximum atomic E-state index is 13.0. The second-order valence-corrected chi connectivity index (χ2v) is 9.67. The predicted octanol–water partition coefficient (Wildman–Crippen LogP) is 2.81. The Kier molecular flexibility index (Phi) is 4.74. The van der Waals surface area contributed by atoms with E-state index in [-0.39, 0.29) is 10.8 Å². The summed E-state index contributed by atoms with van der Waals surface area (Å²) >= 11 is 1.73. The minimum Gasteiger partial charge on any atom is -0.334 e. The Morgan fingerprint density at radius 1 is 1.24 bits per heavy atom. The molecule has 1 aromatic carbocycles. The van der Waals surface area contributed by atoms with Gasteiger partial charge in [0.1, 0.15) is 0 Å². The standard InChI is InChI=1S/C18H22N2O3S2/c1-12-9-15(10-17(13(12)2)25(22,23)19(3)4)18(21)20-7-5-16-14(11-20)6-8-24-16/h6,8-10H,5,7,11H2,1-4H3. The van der Waals surface area contributed by atoms with Gasteiger partial charge in [-0.15, -0.1) is 11.3 Å². The van der Waals surface area contributed by atoms with Gasteiger partial charge in [-0.25, -0.2) is 12.7 Å². The highest BCUT2D eigenvalue weighted by Gasteiger charge is 2.26. The molecule has 5 nitrogen and oxygen atoms in total. The molecule has 1 aliphatic heterocycles. The van der Waals surface area contributed by atoms with Gasteiger partial charge >= 0.3 is 0 Å². The fraction of sp³-hybridized carbons (Fsp3) is 0.389. The third kappa shape index (κ3) is 3.23. The van der Waals surface area contributed by atoms with Crippen LogP contribution in [-0.4, -0.2) is 44.2 Å². The molecule has 0 bridgehead atoms. The Balaban J connectivity index is 1.98. The molecule has 134 valence electrons. The van der Waals surface area contributed by atoms with Crippen LogP contribution in [0.25, 0.3) is 0 Å². The summed E-state index contributed by atoms with van der Waals surface area (Å²) in [6.45, 7) is 4.86. The molecule has 1 aromatic heterocycles. The number of thiophene rings is 1. The molecule has 0 radical (unpaired) electrons. The first-order valence-electron chi connectivity index (χ1n) is 8.10. The SMILES string of the molecule is Cc1cc(C(=O)N2CCc3sccc3C2)cc(S(=O)(=O)N(C)C)c1C. The number of aryl methyl sites for hydroxylation is 1. The van der Waals surface area contributed by atoms with Gasteiger partial charge in [-0.2, -0.15) is 0 Å². The minimum absolute atomic E-state index is 0.116. The van der Waals surface area contributed by atoms with E-state index in [1.165, 1.54) is 34.9 Å². The number of hydrogen-bond donors (Lipinski definition) is 0. The summed E-state index contributed by atoms with van der Waals surface area (Å²) in [7, 11) is -0.590. The first kappa shape index (κ1) is 18.1. The summed E-state index contributed by atoms with van der Waals surface area (Å²) < 4.78 is 26.4. The summed E-state index contributed by atoms with van der Waals surface area (Å²) in [4.78, 5) is 16.3. The summed E-state index contributed by atoms with van der Waals surface area (Å²) in [5.41, 5.74) is 3.11. The van der Waals surface area contributed by atoms with Gasteiger partial charge < -0.3 is 4.90 Å². The van der Waals surface area contributed by atoms with Crippen molar-refractivity contribution >= 4 is 27.3 Å².